The van der Waals surface area contributed by atoms with Gasteiger partial charge in [-0.15, -0.1) is 0 Å². The third-order valence-electron chi connectivity index (χ3n) is 4.41. The summed E-state index contributed by atoms with van der Waals surface area (Å²) >= 11 is 6.05. The molecule has 1 aliphatic rings. The van der Waals surface area contributed by atoms with Crippen LogP contribution in [0.1, 0.15) is 45.4 Å². The van der Waals surface area contributed by atoms with E-state index < -0.39 is 0 Å². The summed E-state index contributed by atoms with van der Waals surface area (Å²) in [5.74, 6) is 1.70. The molecule has 1 saturated carbocycles. The van der Waals surface area contributed by atoms with Crippen molar-refractivity contribution in [3.05, 3.63) is 35.0 Å². The van der Waals surface area contributed by atoms with Crippen molar-refractivity contribution in [2.45, 2.75) is 39.7 Å². The Morgan fingerprint density at radius 2 is 2.15 bits per heavy atom. The van der Waals surface area contributed by atoms with Crippen LogP contribution >= 0.6 is 11.6 Å². The number of nitrogens with one attached hydrogen (secondary N) is 1. The summed E-state index contributed by atoms with van der Waals surface area (Å²) in [5, 5.41) is 5.50. The molecule has 108 valence electrons. The standard InChI is InChI=1S/C17H22ClNO/c1-4-7-19-16(13-10-17(13,2)3)15-9-11-8-12(18)5-6-14(11)20-15/h5-6,8-9,13,16,19H,4,7,10H2,1-3H3. The van der Waals surface area contributed by atoms with Gasteiger partial charge in [-0.25, -0.2) is 0 Å². The Bertz CT molecular complexity index is 616. The predicted octanol–water partition coefficient (Wildman–Crippen LogP) is 5.17. The highest BCUT2D eigenvalue weighted by Crippen LogP contribution is 2.58. The molecule has 1 aliphatic carbocycles. The minimum atomic E-state index is 0.316. The predicted molar refractivity (Wildman–Crippen MR) is 84.1 cm³/mol. The number of fused-ring (bicyclic) bond motifs is 1. The first-order valence-corrected chi connectivity index (χ1v) is 7.81. The van der Waals surface area contributed by atoms with E-state index in [4.69, 9.17) is 16.0 Å². The molecule has 1 aromatic carbocycles. The van der Waals surface area contributed by atoms with Crippen LogP contribution in [0.3, 0.4) is 0 Å². The molecule has 0 radical (unpaired) electrons. The molecule has 0 saturated heterocycles. The van der Waals surface area contributed by atoms with Crippen molar-refractivity contribution >= 4 is 22.6 Å². The molecule has 2 atom stereocenters. The Morgan fingerprint density at radius 3 is 2.80 bits per heavy atom. The zero-order chi connectivity index (χ0) is 14.3. The van der Waals surface area contributed by atoms with E-state index in [0.29, 0.717) is 17.4 Å². The molecular weight excluding hydrogens is 270 g/mol. The van der Waals surface area contributed by atoms with E-state index in [0.717, 1.165) is 34.7 Å². The lowest BCUT2D eigenvalue weighted by Crippen LogP contribution is -2.25. The summed E-state index contributed by atoms with van der Waals surface area (Å²) in [6.45, 7) is 7.88. The minimum Gasteiger partial charge on any atom is -0.459 e. The fourth-order valence-electron chi connectivity index (χ4n) is 3.01. The first-order chi connectivity index (χ1) is 9.51. The number of rotatable bonds is 5. The molecular formula is C17H22ClNO. The van der Waals surface area contributed by atoms with Crippen molar-refractivity contribution in [3.8, 4) is 0 Å². The maximum absolute atomic E-state index is 6.06. The minimum absolute atomic E-state index is 0.316. The molecule has 0 spiro atoms. The average molecular weight is 292 g/mol. The van der Waals surface area contributed by atoms with Crippen molar-refractivity contribution in [1.29, 1.82) is 0 Å². The number of benzene rings is 1. The topological polar surface area (TPSA) is 25.2 Å². The van der Waals surface area contributed by atoms with Crippen molar-refractivity contribution in [2.24, 2.45) is 11.3 Å². The van der Waals surface area contributed by atoms with E-state index in [9.17, 15) is 0 Å². The fraction of sp³-hybridized carbons (Fsp3) is 0.529. The normalized spacial score (nSPS) is 22.1. The molecule has 1 aromatic heterocycles. The third-order valence-corrected chi connectivity index (χ3v) is 4.65. The monoisotopic (exact) mass is 291 g/mol. The van der Waals surface area contributed by atoms with Gasteiger partial charge in [0.05, 0.1) is 6.04 Å². The molecule has 3 heteroatoms. The molecule has 0 aliphatic heterocycles. The van der Waals surface area contributed by atoms with E-state index in [-0.39, 0.29) is 0 Å². The lowest BCUT2D eigenvalue weighted by molar-refractivity contribution is 0.359. The molecule has 0 bridgehead atoms. The summed E-state index contributed by atoms with van der Waals surface area (Å²) in [7, 11) is 0. The summed E-state index contributed by atoms with van der Waals surface area (Å²) in [6.07, 6.45) is 2.39. The first-order valence-electron chi connectivity index (χ1n) is 7.43. The molecule has 0 amide bonds. The Hall–Kier alpha value is -0.990. The van der Waals surface area contributed by atoms with Gasteiger partial charge in [0.2, 0.25) is 0 Å². The van der Waals surface area contributed by atoms with Gasteiger partial charge in [-0.05, 0) is 55.0 Å². The Labute approximate surface area is 125 Å². The number of halogens is 1. The smallest absolute Gasteiger partial charge is 0.134 e. The maximum Gasteiger partial charge on any atom is 0.134 e. The molecule has 20 heavy (non-hydrogen) atoms. The SMILES string of the molecule is CCCNC(c1cc2cc(Cl)ccc2o1)C1CC1(C)C. The van der Waals surface area contributed by atoms with Crippen LogP contribution < -0.4 is 5.32 Å². The zero-order valence-corrected chi connectivity index (χ0v) is 13.1. The molecule has 2 aromatic rings. The van der Waals surface area contributed by atoms with Gasteiger partial charge in [0.25, 0.3) is 0 Å². The van der Waals surface area contributed by atoms with E-state index in [1.54, 1.807) is 0 Å². The van der Waals surface area contributed by atoms with Gasteiger partial charge in [0.1, 0.15) is 11.3 Å². The summed E-state index contributed by atoms with van der Waals surface area (Å²) in [5.41, 5.74) is 1.34. The largest absolute Gasteiger partial charge is 0.459 e. The van der Waals surface area contributed by atoms with Crippen molar-refractivity contribution in [2.75, 3.05) is 6.54 Å². The van der Waals surface area contributed by atoms with Gasteiger partial charge >= 0.3 is 0 Å². The fourth-order valence-corrected chi connectivity index (χ4v) is 3.19. The van der Waals surface area contributed by atoms with Crippen LogP contribution in [0.4, 0.5) is 0 Å². The van der Waals surface area contributed by atoms with Crippen molar-refractivity contribution < 1.29 is 4.42 Å². The Balaban J connectivity index is 1.92. The molecule has 1 heterocycles. The van der Waals surface area contributed by atoms with E-state index in [1.165, 1.54) is 6.42 Å². The highest BCUT2D eigenvalue weighted by Gasteiger charge is 2.51. The van der Waals surface area contributed by atoms with E-state index >= 15 is 0 Å². The Morgan fingerprint density at radius 1 is 1.40 bits per heavy atom. The summed E-state index contributed by atoms with van der Waals surface area (Å²) in [6, 6.07) is 8.26. The highest BCUT2D eigenvalue weighted by molar-refractivity contribution is 6.31. The van der Waals surface area contributed by atoms with Crippen LogP contribution in [0.2, 0.25) is 5.02 Å². The van der Waals surface area contributed by atoms with Crippen LogP contribution in [-0.2, 0) is 0 Å². The Kier molecular flexibility index (Phi) is 3.55. The van der Waals surface area contributed by atoms with Crippen molar-refractivity contribution in [3.63, 3.8) is 0 Å². The van der Waals surface area contributed by atoms with E-state index in [2.05, 4.69) is 32.2 Å². The molecule has 2 nitrogen and oxygen atoms in total. The highest BCUT2D eigenvalue weighted by atomic mass is 35.5. The maximum atomic E-state index is 6.06. The second kappa shape index (κ2) is 5.09. The number of hydrogen-bond acceptors (Lipinski definition) is 2. The van der Waals surface area contributed by atoms with Crippen LogP contribution in [-0.4, -0.2) is 6.54 Å². The molecule has 1 fully saturated rings. The van der Waals surface area contributed by atoms with Gasteiger partial charge in [-0.3, -0.25) is 0 Å². The second-order valence-electron chi connectivity index (χ2n) is 6.56. The van der Waals surface area contributed by atoms with Gasteiger partial charge in [-0.2, -0.15) is 0 Å². The lowest BCUT2D eigenvalue weighted by Gasteiger charge is -2.17. The summed E-state index contributed by atoms with van der Waals surface area (Å²) in [4.78, 5) is 0. The lowest BCUT2D eigenvalue weighted by atomic mass is 10.0. The van der Waals surface area contributed by atoms with Gasteiger partial charge in [-0.1, -0.05) is 32.4 Å². The first kappa shape index (κ1) is 14.0. The van der Waals surface area contributed by atoms with Crippen LogP contribution in [0.25, 0.3) is 11.0 Å². The van der Waals surface area contributed by atoms with Crippen LogP contribution in [0.5, 0.6) is 0 Å². The van der Waals surface area contributed by atoms with Gasteiger partial charge in [0.15, 0.2) is 0 Å². The third kappa shape index (κ3) is 2.59. The van der Waals surface area contributed by atoms with Gasteiger partial charge < -0.3 is 9.73 Å². The van der Waals surface area contributed by atoms with E-state index in [1.807, 2.05) is 18.2 Å². The van der Waals surface area contributed by atoms with Crippen LogP contribution in [0, 0.1) is 11.3 Å². The molecule has 3 rings (SSSR count). The number of furan rings is 1. The molecule has 2 unspecified atom stereocenters. The van der Waals surface area contributed by atoms with Crippen molar-refractivity contribution in [1.82, 2.24) is 5.32 Å². The molecule has 1 N–H and O–H groups in total. The van der Waals surface area contributed by atoms with Gasteiger partial charge in [0, 0.05) is 10.4 Å². The zero-order valence-electron chi connectivity index (χ0n) is 12.4. The number of hydrogen-bond donors (Lipinski definition) is 1. The quantitative estimate of drug-likeness (QED) is 0.822. The second-order valence-corrected chi connectivity index (χ2v) is 7.00. The van der Waals surface area contributed by atoms with Crippen LogP contribution in [0.15, 0.2) is 28.7 Å². The summed E-state index contributed by atoms with van der Waals surface area (Å²) < 4.78 is 6.06. The average Bonchev–Trinajstić information content (AvgIpc) is 2.84.